The van der Waals surface area contributed by atoms with Crippen LogP contribution in [0.1, 0.15) is 206 Å². The number of aryl methyl sites for hydroxylation is 11. The number of hydrogen-bond acceptors (Lipinski definition) is 8. The summed E-state index contributed by atoms with van der Waals surface area (Å²) in [4.78, 5) is 44.7. The molecule has 0 N–H and O–H groups in total. The van der Waals surface area contributed by atoms with Gasteiger partial charge in [-0.3, -0.25) is 24.0 Å². The Kier molecular flexibility index (Phi) is 43.0. The predicted octanol–water partition coefficient (Wildman–Crippen LogP) is 27.6. The van der Waals surface area contributed by atoms with Crippen molar-refractivity contribution in [3.05, 3.63) is 393 Å². The Balaban J connectivity index is 0.000000224. The quantitative estimate of drug-likeness (QED) is 0.0405. The average molecular weight is 2650 g/mol. The summed E-state index contributed by atoms with van der Waals surface area (Å²) in [5, 5.41) is 4.49. The van der Waals surface area contributed by atoms with Gasteiger partial charge in [-0.25, -0.2) is 13.8 Å². The Morgan fingerprint density at radius 1 is 0.462 bits per heavy atom. The van der Waals surface area contributed by atoms with Crippen molar-refractivity contribution in [1.29, 1.82) is 0 Å². The molecule has 5 radical (unpaired) electrons. The summed E-state index contributed by atoms with van der Waals surface area (Å²) in [7, 11) is 0. The zero-order valence-corrected chi connectivity index (χ0v) is 90.5. The molecule has 0 saturated heterocycles. The van der Waals surface area contributed by atoms with Crippen LogP contribution in [0, 0.1) is 85.6 Å². The summed E-state index contributed by atoms with van der Waals surface area (Å²) in [5.41, 5.74) is 30.7. The van der Waals surface area contributed by atoms with Gasteiger partial charge in [0.25, 0.3) is 5.92 Å². The molecule has 0 aliphatic heterocycles. The molecule has 16 rings (SSSR count). The number of hydrogen-bond donors (Lipinski definition) is 0. The fraction of sp³-hybridized carbons (Fsp3) is 0.274. The van der Waals surface area contributed by atoms with Gasteiger partial charge in [-0.2, -0.15) is 5.10 Å². The van der Waals surface area contributed by atoms with Gasteiger partial charge in [0, 0.05) is 154 Å². The molecule has 0 unspecified atom stereocenters. The molecule has 0 fully saturated rings. The van der Waals surface area contributed by atoms with E-state index < -0.39 is 5.92 Å². The fourth-order valence-electron chi connectivity index (χ4n) is 16.2. The van der Waals surface area contributed by atoms with Crippen LogP contribution in [0.2, 0.25) is 0 Å². The number of alkyl halides is 2. The van der Waals surface area contributed by atoms with Gasteiger partial charge >= 0.3 is 0 Å². The summed E-state index contributed by atoms with van der Waals surface area (Å²) < 4.78 is 34.8. The molecular weight excluding hydrogens is 2530 g/mol. The molecule has 0 amide bonds. The Morgan fingerprint density at radius 3 is 1.63 bits per heavy atom. The largest absolute Gasteiger partial charge is 0.440 e. The van der Waals surface area contributed by atoms with Gasteiger partial charge in [-0.1, -0.05) is 256 Å². The van der Waals surface area contributed by atoms with E-state index in [0.717, 1.165) is 88.9 Å². The van der Waals surface area contributed by atoms with Crippen LogP contribution in [0.25, 0.3) is 85.1 Å². The first-order chi connectivity index (χ1) is 61.2. The first-order valence-electron chi connectivity index (χ1n) is 44.5. The number of rotatable bonds is 25. The molecule has 6 heterocycles. The predicted molar refractivity (Wildman–Crippen MR) is 516 cm³/mol. The van der Waals surface area contributed by atoms with E-state index in [4.69, 9.17) is 4.98 Å². The van der Waals surface area contributed by atoms with Crippen molar-refractivity contribution in [3.63, 3.8) is 0 Å². The molecule has 0 saturated carbocycles. The van der Waals surface area contributed by atoms with Gasteiger partial charge < -0.3 is 24.5 Å². The van der Waals surface area contributed by atoms with Crippen LogP contribution >= 0.6 is 0 Å². The number of nitrogens with zero attached hydrogens (tertiary/aromatic N) is 11. The minimum absolute atomic E-state index is 0. The first kappa shape index (κ1) is 109. The summed E-state index contributed by atoms with van der Waals surface area (Å²) in [6.07, 6.45) is 20.6. The Bertz CT molecular complexity index is 6210. The number of carbonyl (C=O) groups is 1. The number of ketones is 1. The van der Waals surface area contributed by atoms with Crippen LogP contribution in [0.15, 0.2) is 268 Å². The number of imidazole rings is 3. The minimum Gasteiger partial charge on any atom is -0.440 e. The van der Waals surface area contributed by atoms with Gasteiger partial charge in [0.15, 0.2) is 5.78 Å². The van der Waals surface area contributed by atoms with E-state index in [0.29, 0.717) is 40.5 Å². The van der Waals surface area contributed by atoms with Gasteiger partial charge in [0.1, 0.15) is 12.2 Å². The number of unbranched alkanes of at least 4 members (excludes halogenated alkanes) is 2. The maximum atomic E-state index is 14.1. The van der Waals surface area contributed by atoms with E-state index in [2.05, 4.69) is 276 Å². The van der Waals surface area contributed by atoms with Gasteiger partial charge in [0.2, 0.25) is 0 Å². The summed E-state index contributed by atoms with van der Waals surface area (Å²) in [5.74, 6) is 1.05. The van der Waals surface area contributed by atoms with Gasteiger partial charge in [0.05, 0.1) is 23.0 Å². The fourth-order valence-corrected chi connectivity index (χ4v) is 16.2. The summed E-state index contributed by atoms with van der Waals surface area (Å²) >= 11 is 0. The third-order valence-corrected chi connectivity index (χ3v) is 22.3. The van der Waals surface area contributed by atoms with E-state index in [1.165, 1.54) is 133 Å². The van der Waals surface area contributed by atoms with Crippen molar-refractivity contribution in [2.75, 3.05) is 0 Å². The standard InChI is InChI=1S/C24H25N4.C24H24NO.C22H20F2N.C22H25N2.C21H24N3.5Ir/c1-16(2)12-21-15-27-24(23-25-10-11-26-23)28(21)22-17(3)13-20(14-18(22)4)19-8-6-5-7-9-19;1-5-21-10-7-11-22(25-21)18-8-6-9-19(16-18)23(26)17-12-14-20(15-13-17)24(2,3)4;1-2-13-22(23,24)20-10-6-9-19(15-20)21-12-11-18(16-25-21)14-17-7-4-3-5-8-17;1-5-6-12-20-15-23-22(19-10-8-7-9-11-19)24(20)21-17(3)13-16(2)14-18(21)4;1-5-6-8-18-9-7-10-19(13-18)21-22-14-23-24(21)20-16(3)11-15(2)12-17(20)4;;;;;/h5-11,13-16H,12H2,1-4H3;6-7,9-16H,5H2,1-4H3;3-8,10-12,15-16H,2,13-14H2,1H3;7-10,13-15H,5-6,12H2,1-4H3;7,9-12,14H,5-6,8H2,1-4H3;;;;;/q5*-1;;;;;. The summed E-state index contributed by atoms with van der Waals surface area (Å²) in [6, 6.07) is 89.2. The van der Waals surface area contributed by atoms with Crippen molar-refractivity contribution in [3.8, 4) is 85.1 Å². The number of pyridine rings is 2. The molecule has 12 nitrogen and oxygen atoms in total. The third kappa shape index (κ3) is 28.8. The average Bonchev–Trinajstić information content (AvgIpc) is 1.54. The molecule has 10 aromatic carbocycles. The molecule has 695 valence electrons. The van der Waals surface area contributed by atoms with Gasteiger partial charge in [-0.15, -0.1) is 131 Å². The van der Waals surface area contributed by atoms with Crippen LogP contribution in [-0.4, -0.2) is 54.6 Å². The molecule has 0 atom stereocenters. The van der Waals surface area contributed by atoms with E-state index in [9.17, 15) is 13.6 Å². The zero-order chi connectivity index (χ0) is 90.3. The SMILES string of the molecule is CCCC(F)(F)c1cc[c-]c(-c2ccc(Cc3ccccc3)cn2)c1.CCCCc1[c-]c(-c2ncnn2-c2c(C)cc(C)cc2C)ccc1.CCCCc1cnc(-c2[c-]cccc2)n1-c1c(C)cc(C)cc1C.CCc1cccc(-c2[c-]ccc(C(=O)c3ccc(C(C)(C)C)cc3)c2)n1.Cc1cc(-c2ccccc2)cc(C)c1-n1c(CC(C)C)cnc1-c1ncc[n-]1.[Ir].[Ir].[Ir].[Ir].[Ir]. The molecule has 0 bridgehead atoms. The Hall–Kier alpha value is -9.95. The number of halogens is 2. The maximum absolute atomic E-state index is 14.1. The number of benzene rings is 10. The second-order valence-electron chi connectivity index (χ2n) is 34.4. The molecule has 16 aromatic rings. The van der Waals surface area contributed by atoms with Crippen molar-refractivity contribution in [2.24, 2.45) is 5.92 Å². The van der Waals surface area contributed by atoms with Crippen molar-refractivity contribution < 1.29 is 114 Å². The minimum atomic E-state index is -2.81. The van der Waals surface area contributed by atoms with E-state index in [1.807, 2.05) is 126 Å². The normalized spacial score (nSPS) is 10.8. The maximum Gasteiger partial charge on any atom is 0.256 e. The molecule has 132 heavy (non-hydrogen) atoms. The monoisotopic (exact) mass is 2650 g/mol. The van der Waals surface area contributed by atoms with Crippen molar-refractivity contribution in [1.82, 2.24) is 53.8 Å². The smallest absolute Gasteiger partial charge is 0.256 e. The molecule has 0 aliphatic rings. The van der Waals surface area contributed by atoms with E-state index in [-0.39, 0.29) is 124 Å². The van der Waals surface area contributed by atoms with Gasteiger partial charge in [-0.05, 0) is 202 Å². The van der Waals surface area contributed by atoms with Crippen LogP contribution < -0.4 is 4.98 Å². The zero-order valence-electron chi connectivity index (χ0n) is 78.5. The Morgan fingerprint density at radius 2 is 1.04 bits per heavy atom. The van der Waals surface area contributed by atoms with Crippen molar-refractivity contribution in [2.45, 2.75) is 200 Å². The van der Waals surface area contributed by atoms with Crippen LogP contribution in [-0.2, 0) is 144 Å². The Labute approximate surface area is 849 Å². The number of aromatic nitrogens is 11. The molecule has 6 aromatic heterocycles. The third-order valence-electron chi connectivity index (χ3n) is 22.3. The van der Waals surface area contributed by atoms with Crippen molar-refractivity contribution >= 4 is 5.78 Å². The topological polar surface area (TPSA) is 136 Å². The van der Waals surface area contributed by atoms with Crippen LogP contribution in [0.5, 0.6) is 0 Å². The van der Waals surface area contributed by atoms with Crippen LogP contribution in [0.4, 0.5) is 8.78 Å². The number of carbonyl (C=O) groups excluding carboxylic acids is 1. The second kappa shape index (κ2) is 52.1. The molecule has 19 heteroatoms. The molecule has 0 aliphatic carbocycles. The van der Waals surface area contributed by atoms with E-state index >= 15 is 0 Å². The molecule has 0 spiro atoms. The van der Waals surface area contributed by atoms with E-state index in [1.54, 1.807) is 44.0 Å². The first-order valence-corrected chi connectivity index (χ1v) is 44.5. The molecular formula is C113H118F2Ir5N11O-5. The van der Waals surface area contributed by atoms with Crippen LogP contribution in [0.3, 0.4) is 0 Å². The second-order valence-corrected chi connectivity index (χ2v) is 34.4. The summed E-state index contributed by atoms with van der Waals surface area (Å²) in [6.45, 7) is 36.5.